The molecule has 1 fully saturated rings. The van der Waals surface area contributed by atoms with Crippen molar-refractivity contribution in [3.05, 3.63) is 90.0 Å². The molecule has 1 aliphatic rings. The van der Waals surface area contributed by atoms with E-state index in [2.05, 4.69) is 106 Å². The van der Waals surface area contributed by atoms with Crippen LogP contribution in [0.4, 0.5) is 0 Å². The molecule has 0 unspecified atom stereocenters. The van der Waals surface area contributed by atoms with E-state index >= 15 is 0 Å². The van der Waals surface area contributed by atoms with Gasteiger partial charge in [-0.1, -0.05) is 84.8 Å². The molecule has 2 heterocycles. The molecule has 38 heavy (non-hydrogen) atoms. The summed E-state index contributed by atoms with van der Waals surface area (Å²) in [6.45, 7) is 10.3. The fraction of sp³-hybridized carbons (Fsp3) is 0.206. The molecule has 0 aliphatic carbocycles. The Bertz CT molecular complexity index is 1780. The van der Waals surface area contributed by atoms with Crippen molar-refractivity contribution in [1.29, 1.82) is 0 Å². The lowest BCUT2D eigenvalue weighted by Gasteiger charge is -2.32. The fourth-order valence-corrected chi connectivity index (χ4v) is 5.32. The van der Waals surface area contributed by atoms with Crippen molar-refractivity contribution in [3.63, 3.8) is 0 Å². The van der Waals surface area contributed by atoms with Crippen LogP contribution < -0.4 is 5.46 Å². The second-order valence-corrected chi connectivity index (χ2v) is 10.9. The van der Waals surface area contributed by atoms with E-state index in [0.717, 1.165) is 60.3 Å². The first-order chi connectivity index (χ1) is 18.2. The summed E-state index contributed by atoms with van der Waals surface area (Å²) in [6, 6.07) is 25.4. The Morgan fingerprint density at radius 3 is 2.13 bits per heavy atom. The van der Waals surface area contributed by atoms with Crippen LogP contribution in [0.5, 0.6) is 0 Å². The van der Waals surface area contributed by atoms with Gasteiger partial charge in [-0.3, -0.25) is 0 Å². The molecule has 0 atom stereocenters. The van der Waals surface area contributed by atoms with Crippen LogP contribution in [0, 0.1) is 12.3 Å². The molecule has 1 saturated heterocycles. The van der Waals surface area contributed by atoms with Crippen LogP contribution in [-0.4, -0.2) is 23.3 Å². The summed E-state index contributed by atoms with van der Waals surface area (Å²) in [5, 5.41) is 4.47. The molecule has 0 bridgehead atoms. The molecule has 0 amide bonds. The molecule has 0 N–H and O–H groups in total. The van der Waals surface area contributed by atoms with E-state index in [1.54, 1.807) is 0 Å². The lowest BCUT2D eigenvalue weighted by atomic mass is 9.78. The third kappa shape index (κ3) is 3.74. The Hall–Kier alpha value is -3.91. The second kappa shape index (κ2) is 8.84. The molecule has 3 nitrogen and oxygen atoms in total. The van der Waals surface area contributed by atoms with Gasteiger partial charge in [-0.15, -0.1) is 6.42 Å². The molecular weight excluding hydrogens is 465 g/mol. The average Bonchev–Trinajstić information content (AvgIpc) is 3.14. The fourth-order valence-electron chi connectivity index (χ4n) is 5.32. The quantitative estimate of drug-likeness (QED) is 0.112. The number of hydrogen-bond donors (Lipinski definition) is 0. The highest BCUT2D eigenvalue weighted by atomic mass is 16.7. The van der Waals surface area contributed by atoms with Gasteiger partial charge in [0.25, 0.3) is 0 Å². The van der Waals surface area contributed by atoms with Gasteiger partial charge in [0.2, 0.25) is 0 Å². The summed E-state index contributed by atoms with van der Waals surface area (Å²) in [5.41, 5.74) is 6.18. The van der Waals surface area contributed by atoms with Gasteiger partial charge in [-0.25, -0.2) is 4.98 Å². The Kier molecular flexibility index (Phi) is 5.68. The Labute approximate surface area is 224 Å². The number of pyridine rings is 1. The Morgan fingerprint density at radius 2 is 1.45 bits per heavy atom. The topological polar surface area (TPSA) is 31.4 Å². The summed E-state index contributed by atoms with van der Waals surface area (Å²) in [4.78, 5) is 5.24. The normalized spacial score (nSPS) is 16.6. The van der Waals surface area contributed by atoms with Gasteiger partial charge < -0.3 is 9.31 Å². The third-order valence-corrected chi connectivity index (χ3v) is 8.09. The summed E-state index contributed by atoms with van der Waals surface area (Å²) in [6.07, 6.45) is 9.98. The molecule has 1 aromatic heterocycles. The first-order valence-corrected chi connectivity index (χ1v) is 13.1. The largest absolute Gasteiger partial charge is 0.494 e. The van der Waals surface area contributed by atoms with Crippen molar-refractivity contribution in [2.75, 3.05) is 0 Å². The van der Waals surface area contributed by atoms with Crippen LogP contribution in [0.15, 0.2) is 78.9 Å². The van der Waals surface area contributed by atoms with Crippen LogP contribution in [0.3, 0.4) is 0 Å². The van der Waals surface area contributed by atoms with E-state index in [9.17, 15) is 0 Å². The number of benzene rings is 4. The lowest BCUT2D eigenvalue weighted by molar-refractivity contribution is 0.00578. The Balaban J connectivity index is 1.61. The van der Waals surface area contributed by atoms with Gasteiger partial charge in [-0.05, 0) is 57.1 Å². The maximum atomic E-state index is 6.29. The number of fused-ring (bicyclic) bond motifs is 4. The zero-order chi connectivity index (χ0) is 26.7. The molecule has 5 aromatic rings. The predicted octanol–water partition coefficient (Wildman–Crippen LogP) is 7.52. The van der Waals surface area contributed by atoms with Crippen molar-refractivity contribution in [1.82, 2.24) is 4.98 Å². The molecule has 186 valence electrons. The van der Waals surface area contributed by atoms with Crippen molar-refractivity contribution in [2.45, 2.75) is 45.8 Å². The van der Waals surface area contributed by atoms with Crippen molar-refractivity contribution >= 4 is 51.2 Å². The molecule has 0 saturated carbocycles. The van der Waals surface area contributed by atoms with Crippen LogP contribution in [0.25, 0.3) is 49.8 Å². The minimum absolute atomic E-state index is 0.382. The zero-order valence-electron chi connectivity index (χ0n) is 22.5. The van der Waals surface area contributed by atoms with Gasteiger partial charge >= 0.3 is 7.12 Å². The number of rotatable bonds is 3. The zero-order valence-corrected chi connectivity index (χ0v) is 22.5. The highest BCUT2D eigenvalue weighted by Gasteiger charge is 2.51. The SMILES string of the molecule is C#Cc1ccc2c(-c3ccc(B4OC(C)(C)C(C)(C)O4)cc3)c3ccc4ccccc4c3nc2c1/C=C\C. The molecule has 4 heteroatoms. The molecule has 6 rings (SSSR count). The van der Waals surface area contributed by atoms with E-state index < -0.39 is 7.12 Å². The summed E-state index contributed by atoms with van der Waals surface area (Å²) >= 11 is 0. The number of allylic oxidation sites excluding steroid dienone is 1. The smallest absolute Gasteiger partial charge is 0.399 e. The summed E-state index contributed by atoms with van der Waals surface area (Å²) in [7, 11) is -0.400. The average molecular weight is 495 g/mol. The number of hydrogen-bond acceptors (Lipinski definition) is 3. The van der Waals surface area contributed by atoms with E-state index in [-0.39, 0.29) is 11.2 Å². The molecule has 4 aromatic carbocycles. The van der Waals surface area contributed by atoms with Crippen LogP contribution in [0.1, 0.15) is 45.7 Å². The second-order valence-electron chi connectivity index (χ2n) is 10.9. The molecule has 1 aliphatic heterocycles. The van der Waals surface area contributed by atoms with E-state index in [0.29, 0.717) is 0 Å². The van der Waals surface area contributed by atoms with Crippen LogP contribution >= 0.6 is 0 Å². The minimum atomic E-state index is -0.400. The first-order valence-electron chi connectivity index (χ1n) is 13.1. The summed E-state index contributed by atoms with van der Waals surface area (Å²) < 4.78 is 12.6. The number of aromatic nitrogens is 1. The lowest BCUT2D eigenvalue weighted by Crippen LogP contribution is -2.41. The van der Waals surface area contributed by atoms with E-state index in [4.69, 9.17) is 20.7 Å². The molecule has 0 spiro atoms. The highest BCUT2D eigenvalue weighted by Crippen LogP contribution is 2.40. The van der Waals surface area contributed by atoms with E-state index in [1.165, 1.54) is 0 Å². The molecular formula is C34H30BNO2. The third-order valence-electron chi connectivity index (χ3n) is 8.09. The van der Waals surface area contributed by atoms with Crippen LogP contribution in [-0.2, 0) is 9.31 Å². The Morgan fingerprint density at radius 1 is 0.789 bits per heavy atom. The monoisotopic (exact) mass is 495 g/mol. The number of nitrogens with zero attached hydrogens (tertiary/aromatic N) is 1. The van der Waals surface area contributed by atoms with E-state index in [1.807, 2.05) is 19.1 Å². The van der Waals surface area contributed by atoms with Gasteiger partial charge in [-0.2, -0.15) is 0 Å². The van der Waals surface area contributed by atoms with Gasteiger partial charge in [0.15, 0.2) is 0 Å². The first kappa shape index (κ1) is 24.4. The number of terminal acetylenes is 1. The molecule has 0 radical (unpaired) electrons. The summed E-state index contributed by atoms with van der Waals surface area (Å²) in [5.74, 6) is 2.85. The highest BCUT2D eigenvalue weighted by molar-refractivity contribution is 6.62. The van der Waals surface area contributed by atoms with Gasteiger partial charge in [0, 0.05) is 32.8 Å². The standard InChI is InChI=1S/C34H30BNO2/c1-7-11-26-22(8-2)16-20-28-30(29-21-17-23-12-9-10-13-27(23)32(29)36-31(26)28)24-14-18-25(19-15-24)35-37-33(3,4)34(5,6)38-35/h2,7,9-21H,1,3-6H3/b11-7-. The minimum Gasteiger partial charge on any atom is -0.399 e. The van der Waals surface area contributed by atoms with Crippen molar-refractivity contribution in [3.8, 4) is 23.5 Å². The maximum absolute atomic E-state index is 6.29. The van der Waals surface area contributed by atoms with Gasteiger partial charge in [0.1, 0.15) is 0 Å². The predicted molar refractivity (Wildman–Crippen MR) is 161 cm³/mol. The van der Waals surface area contributed by atoms with Crippen molar-refractivity contribution in [2.24, 2.45) is 0 Å². The maximum Gasteiger partial charge on any atom is 0.494 e. The van der Waals surface area contributed by atoms with Crippen LogP contribution in [0.2, 0.25) is 0 Å². The van der Waals surface area contributed by atoms with Crippen molar-refractivity contribution < 1.29 is 9.31 Å². The van der Waals surface area contributed by atoms with Gasteiger partial charge in [0.05, 0.1) is 22.2 Å².